The van der Waals surface area contributed by atoms with Gasteiger partial charge >= 0.3 is 0 Å². The Morgan fingerprint density at radius 3 is 2.86 bits per heavy atom. The largest absolute Gasteiger partial charge is 0.335 e. The second-order valence-corrected chi connectivity index (χ2v) is 7.08. The number of hydrogen-bond donors (Lipinski definition) is 1. The molecule has 1 amide bonds. The third-order valence-corrected chi connectivity index (χ3v) is 5.43. The second-order valence-electron chi connectivity index (χ2n) is 5.88. The molecular weight excluding hydrogens is 301 g/mol. The van der Waals surface area contributed by atoms with Crippen molar-refractivity contribution in [2.24, 2.45) is 5.92 Å². The van der Waals surface area contributed by atoms with Crippen molar-refractivity contribution in [1.82, 2.24) is 15.2 Å². The quantitative estimate of drug-likeness (QED) is 0.924. The summed E-state index contributed by atoms with van der Waals surface area (Å²) in [6.45, 7) is 4.31. The fourth-order valence-electron chi connectivity index (χ4n) is 3.17. The molecule has 6 heteroatoms. The summed E-state index contributed by atoms with van der Waals surface area (Å²) in [7, 11) is 0. The molecule has 2 aliphatic heterocycles. The van der Waals surface area contributed by atoms with Crippen molar-refractivity contribution < 1.29 is 9.18 Å². The highest BCUT2D eigenvalue weighted by atomic mass is 32.1. The Labute approximate surface area is 132 Å². The first kappa shape index (κ1) is 13.8. The van der Waals surface area contributed by atoms with Gasteiger partial charge in [0, 0.05) is 37.2 Å². The van der Waals surface area contributed by atoms with E-state index in [0.29, 0.717) is 28.1 Å². The highest BCUT2D eigenvalue weighted by Gasteiger charge is 2.41. The highest BCUT2D eigenvalue weighted by molar-refractivity contribution is 7.15. The van der Waals surface area contributed by atoms with Gasteiger partial charge in [-0.05, 0) is 13.0 Å². The molecule has 0 saturated carbocycles. The van der Waals surface area contributed by atoms with Crippen molar-refractivity contribution >= 4 is 17.2 Å². The lowest BCUT2D eigenvalue weighted by Crippen LogP contribution is -2.51. The summed E-state index contributed by atoms with van der Waals surface area (Å²) in [5, 5.41) is 4.11. The number of hydrogen-bond acceptors (Lipinski definition) is 4. The van der Waals surface area contributed by atoms with Crippen LogP contribution in [0.1, 0.15) is 15.5 Å². The van der Waals surface area contributed by atoms with Gasteiger partial charge < -0.3 is 10.2 Å². The number of carbonyl (C=O) groups excluding carboxylic acids is 1. The van der Waals surface area contributed by atoms with Crippen LogP contribution in [0.15, 0.2) is 24.3 Å². The summed E-state index contributed by atoms with van der Waals surface area (Å²) in [5.41, 5.74) is 0.839. The van der Waals surface area contributed by atoms with E-state index in [2.05, 4.69) is 10.3 Å². The van der Waals surface area contributed by atoms with Crippen LogP contribution in [-0.4, -0.2) is 41.5 Å². The molecule has 2 aromatic rings. The van der Waals surface area contributed by atoms with Gasteiger partial charge in [-0.3, -0.25) is 4.79 Å². The van der Waals surface area contributed by atoms with E-state index in [0.717, 1.165) is 24.6 Å². The van der Waals surface area contributed by atoms with Gasteiger partial charge in [0.15, 0.2) is 0 Å². The number of aromatic nitrogens is 1. The van der Waals surface area contributed by atoms with Gasteiger partial charge in [0.1, 0.15) is 11.5 Å². The molecule has 0 spiro atoms. The molecule has 1 N–H and O–H groups in total. The normalized spacial score (nSPS) is 23.3. The molecule has 4 rings (SSSR count). The molecule has 0 bridgehead atoms. The summed E-state index contributed by atoms with van der Waals surface area (Å²) in [6.07, 6.45) is 0. The van der Waals surface area contributed by atoms with Crippen LogP contribution >= 0.6 is 11.3 Å². The van der Waals surface area contributed by atoms with E-state index >= 15 is 0 Å². The maximum atomic E-state index is 14.1. The van der Waals surface area contributed by atoms with Gasteiger partial charge in [0.05, 0.1) is 9.88 Å². The molecule has 0 radical (unpaired) electrons. The topological polar surface area (TPSA) is 45.2 Å². The average molecular weight is 317 g/mol. The average Bonchev–Trinajstić information content (AvgIpc) is 3.00. The zero-order valence-electron chi connectivity index (χ0n) is 12.2. The molecule has 1 aromatic heterocycles. The molecule has 2 aliphatic rings. The smallest absolute Gasteiger partial charge is 0.274 e. The van der Waals surface area contributed by atoms with E-state index in [9.17, 15) is 9.18 Å². The number of fused-ring (bicyclic) bond motifs is 1. The summed E-state index contributed by atoms with van der Waals surface area (Å²) < 4.78 is 14.1. The van der Waals surface area contributed by atoms with Crippen LogP contribution in [0.2, 0.25) is 0 Å². The fourth-order valence-corrected chi connectivity index (χ4v) is 4.10. The number of halogens is 1. The molecule has 114 valence electrons. The minimum Gasteiger partial charge on any atom is -0.335 e. The van der Waals surface area contributed by atoms with Crippen LogP contribution < -0.4 is 5.32 Å². The second kappa shape index (κ2) is 5.14. The first-order valence-corrected chi connectivity index (χ1v) is 8.20. The summed E-state index contributed by atoms with van der Waals surface area (Å²) in [4.78, 5) is 19.7. The molecule has 4 nitrogen and oxygen atoms in total. The minimum atomic E-state index is -0.316. The Morgan fingerprint density at radius 2 is 2.23 bits per heavy atom. The van der Waals surface area contributed by atoms with Crippen LogP contribution in [-0.2, 0) is 0 Å². The third kappa shape index (κ3) is 2.14. The summed E-state index contributed by atoms with van der Waals surface area (Å²) in [5.74, 6) is 0.155. The standard InChI is InChI=1S/C16H16FN3OS/c1-9-19-14(15(22-9)11-4-2-3-5-12(11)17)16(21)20-7-10-6-18-13(10)8-20/h2-5,10,13,18H,6-8H2,1H3/t10-,13+/m0/s1. The van der Waals surface area contributed by atoms with E-state index in [-0.39, 0.29) is 11.7 Å². The van der Waals surface area contributed by atoms with Crippen molar-refractivity contribution in [3.63, 3.8) is 0 Å². The number of thiazole rings is 1. The predicted molar refractivity (Wildman–Crippen MR) is 83.4 cm³/mol. The Bertz CT molecular complexity index is 733. The number of nitrogens with zero attached hydrogens (tertiary/aromatic N) is 2. The molecule has 3 heterocycles. The van der Waals surface area contributed by atoms with E-state index < -0.39 is 0 Å². The Hall–Kier alpha value is -1.79. The van der Waals surface area contributed by atoms with Crippen molar-refractivity contribution in [3.8, 4) is 10.4 Å². The molecule has 2 fully saturated rings. The maximum Gasteiger partial charge on any atom is 0.274 e. The number of amides is 1. The monoisotopic (exact) mass is 317 g/mol. The van der Waals surface area contributed by atoms with E-state index in [1.807, 2.05) is 11.8 Å². The molecule has 22 heavy (non-hydrogen) atoms. The fraction of sp³-hybridized carbons (Fsp3) is 0.375. The number of carbonyl (C=O) groups is 1. The van der Waals surface area contributed by atoms with Crippen molar-refractivity contribution in [3.05, 3.63) is 40.8 Å². The minimum absolute atomic E-state index is 0.0844. The molecular formula is C16H16FN3OS. The molecule has 2 atom stereocenters. The molecule has 1 aromatic carbocycles. The lowest BCUT2D eigenvalue weighted by Gasteiger charge is -2.29. The maximum absolute atomic E-state index is 14.1. The van der Waals surface area contributed by atoms with Gasteiger partial charge in [-0.2, -0.15) is 0 Å². The molecule has 0 aliphatic carbocycles. The first-order valence-electron chi connectivity index (χ1n) is 7.38. The zero-order valence-corrected chi connectivity index (χ0v) is 13.0. The van der Waals surface area contributed by atoms with Gasteiger partial charge in [0.2, 0.25) is 0 Å². The Balaban J connectivity index is 1.70. The van der Waals surface area contributed by atoms with Gasteiger partial charge in [0.25, 0.3) is 5.91 Å². The number of likely N-dealkylation sites (tertiary alicyclic amines) is 1. The van der Waals surface area contributed by atoms with E-state index in [1.54, 1.807) is 18.2 Å². The SMILES string of the molecule is Cc1nc(C(=O)N2C[C@@H]3CN[C@@H]3C2)c(-c2ccccc2F)s1. The first-order chi connectivity index (χ1) is 10.6. The van der Waals surface area contributed by atoms with Crippen LogP contribution in [0, 0.1) is 18.7 Å². The van der Waals surface area contributed by atoms with Crippen molar-refractivity contribution in [2.75, 3.05) is 19.6 Å². The van der Waals surface area contributed by atoms with Crippen molar-refractivity contribution in [2.45, 2.75) is 13.0 Å². The summed E-state index contributed by atoms with van der Waals surface area (Å²) in [6, 6.07) is 6.97. The Morgan fingerprint density at radius 1 is 1.41 bits per heavy atom. The lowest BCUT2D eigenvalue weighted by molar-refractivity contribution is 0.0785. The van der Waals surface area contributed by atoms with Crippen LogP contribution in [0.25, 0.3) is 10.4 Å². The van der Waals surface area contributed by atoms with E-state index in [1.165, 1.54) is 17.4 Å². The lowest BCUT2D eigenvalue weighted by atomic mass is 9.96. The number of nitrogens with one attached hydrogen (secondary N) is 1. The molecule has 2 saturated heterocycles. The van der Waals surface area contributed by atoms with Crippen LogP contribution in [0.4, 0.5) is 4.39 Å². The summed E-state index contributed by atoms with van der Waals surface area (Å²) >= 11 is 1.37. The van der Waals surface area contributed by atoms with Crippen molar-refractivity contribution in [1.29, 1.82) is 0 Å². The Kier molecular flexibility index (Phi) is 3.23. The number of rotatable bonds is 2. The van der Waals surface area contributed by atoms with E-state index in [4.69, 9.17) is 0 Å². The van der Waals surface area contributed by atoms with Crippen LogP contribution in [0.5, 0.6) is 0 Å². The van der Waals surface area contributed by atoms with Crippen LogP contribution in [0.3, 0.4) is 0 Å². The van der Waals surface area contributed by atoms with Gasteiger partial charge in [-0.15, -0.1) is 11.3 Å². The third-order valence-electron chi connectivity index (χ3n) is 4.43. The predicted octanol–water partition coefficient (Wildman–Crippen LogP) is 2.30. The van der Waals surface area contributed by atoms with Gasteiger partial charge in [-0.1, -0.05) is 18.2 Å². The number of aryl methyl sites for hydroxylation is 1. The van der Waals surface area contributed by atoms with Gasteiger partial charge in [-0.25, -0.2) is 9.37 Å². The highest BCUT2D eigenvalue weighted by Crippen LogP contribution is 2.34. The number of benzene rings is 1. The molecule has 0 unspecified atom stereocenters. The zero-order chi connectivity index (χ0) is 15.3.